The van der Waals surface area contributed by atoms with Crippen LogP contribution in [0.5, 0.6) is 5.75 Å². The van der Waals surface area contributed by atoms with E-state index in [1.54, 1.807) is 25.1 Å². The maximum Gasteiger partial charge on any atom is 0.417 e. The van der Waals surface area contributed by atoms with Crippen molar-refractivity contribution in [2.45, 2.75) is 19.5 Å². The molecule has 0 aliphatic carbocycles. The minimum Gasteiger partial charge on any atom is -0.506 e. The number of nitrogens with one attached hydrogen (secondary N) is 1. The molecule has 1 aromatic carbocycles. The summed E-state index contributed by atoms with van der Waals surface area (Å²) in [6.45, 7) is 1.77. The molecule has 0 fully saturated rings. The first kappa shape index (κ1) is 19.2. The average molecular weight is 391 g/mol. The molecule has 0 spiro atoms. The van der Waals surface area contributed by atoms with Crippen LogP contribution in [-0.4, -0.2) is 25.8 Å². The number of amides is 1. The number of nitrogen functional groups attached to an aromatic ring is 1. The Balaban J connectivity index is 1.93. The number of aromatic nitrogens is 3. The number of benzene rings is 1. The maximum atomic E-state index is 12.7. The SMILES string of the molecule is CCc1nn(-c2ccccc2O)c(N)c1C(=O)Nc1ccc(C(F)(F)F)cn1. The number of hydrogen-bond acceptors (Lipinski definition) is 5. The number of carbonyl (C=O) groups excluding carboxylic acids is 1. The smallest absolute Gasteiger partial charge is 0.417 e. The normalized spacial score (nSPS) is 11.4. The van der Waals surface area contributed by atoms with E-state index in [4.69, 9.17) is 5.73 Å². The van der Waals surface area contributed by atoms with Crippen LogP contribution in [0.4, 0.5) is 24.8 Å². The number of aromatic hydroxyl groups is 1. The Labute approximate surface area is 157 Å². The number of phenols is 1. The molecule has 3 rings (SSSR count). The van der Waals surface area contributed by atoms with Crippen LogP contribution in [0.1, 0.15) is 28.5 Å². The lowest BCUT2D eigenvalue weighted by Gasteiger charge is -2.09. The van der Waals surface area contributed by atoms with Crippen molar-refractivity contribution in [2.75, 3.05) is 11.1 Å². The molecule has 28 heavy (non-hydrogen) atoms. The summed E-state index contributed by atoms with van der Waals surface area (Å²) in [5.41, 5.74) is 5.87. The third kappa shape index (κ3) is 3.61. The lowest BCUT2D eigenvalue weighted by atomic mass is 10.1. The molecule has 0 saturated heterocycles. The summed E-state index contributed by atoms with van der Waals surface area (Å²) in [5.74, 6) is -0.809. The van der Waals surface area contributed by atoms with Crippen molar-refractivity contribution >= 4 is 17.5 Å². The van der Waals surface area contributed by atoms with Crippen molar-refractivity contribution in [1.29, 1.82) is 0 Å². The second-order valence-corrected chi connectivity index (χ2v) is 5.85. The van der Waals surface area contributed by atoms with E-state index in [0.717, 1.165) is 12.1 Å². The first-order valence-corrected chi connectivity index (χ1v) is 8.22. The number of anilines is 2. The number of rotatable bonds is 4. The van der Waals surface area contributed by atoms with Crippen molar-refractivity contribution in [1.82, 2.24) is 14.8 Å². The first-order chi connectivity index (χ1) is 13.2. The summed E-state index contributed by atoms with van der Waals surface area (Å²) in [7, 11) is 0. The highest BCUT2D eigenvalue weighted by Gasteiger charge is 2.31. The Bertz CT molecular complexity index is 1010. The van der Waals surface area contributed by atoms with E-state index in [9.17, 15) is 23.1 Å². The first-order valence-electron chi connectivity index (χ1n) is 8.22. The highest BCUT2D eigenvalue weighted by atomic mass is 19.4. The Hall–Kier alpha value is -3.56. The number of alkyl halides is 3. The van der Waals surface area contributed by atoms with Gasteiger partial charge in [-0.2, -0.15) is 18.3 Å². The molecule has 0 atom stereocenters. The molecule has 146 valence electrons. The topological polar surface area (TPSA) is 106 Å². The molecule has 2 heterocycles. The van der Waals surface area contributed by atoms with Gasteiger partial charge >= 0.3 is 6.18 Å². The maximum absolute atomic E-state index is 12.7. The van der Waals surface area contributed by atoms with Crippen LogP contribution in [0.2, 0.25) is 0 Å². The second-order valence-electron chi connectivity index (χ2n) is 5.85. The van der Waals surface area contributed by atoms with Crippen LogP contribution in [0.3, 0.4) is 0 Å². The number of hydrogen-bond donors (Lipinski definition) is 3. The van der Waals surface area contributed by atoms with Gasteiger partial charge in [-0.15, -0.1) is 0 Å². The Morgan fingerprint density at radius 3 is 2.54 bits per heavy atom. The fraction of sp³-hybridized carbons (Fsp3) is 0.167. The Morgan fingerprint density at radius 2 is 1.96 bits per heavy atom. The van der Waals surface area contributed by atoms with Crippen molar-refractivity contribution in [3.05, 3.63) is 59.4 Å². The molecule has 3 aromatic rings. The van der Waals surface area contributed by atoms with Crippen LogP contribution in [0.25, 0.3) is 5.69 Å². The number of pyridine rings is 1. The largest absolute Gasteiger partial charge is 0.506 e. The zero-order chi connectivity index (χ0) is 20.5. The molecule has 4 N–H and O–H groups in total. The molecule has 0 bridgehead atoms. The van der Waals surface area contributed by atoms with Crippen LogP contribution in [0.15, 0.2) is 42.6 Å². The summed E-state index contributed by atoms with van der Waals surface area (Å²) in [4.78, 5) is 16.3. The predicted molar refractivity (Wildman–Crippen MR) is 96.2 cm³/mol. The lowest BCUT2D eigenvalue weighted by molar-refractivity contribution is -0.137. The molecular formula is C18H16F3N5O2. The molecule has 0 saturated carbocycles. The molecule has 1 amide bonds. The summed E-state index contributed by atoms with van der Waals surface area (Å²) in [6, 6.07) is 8.20. The summed E-state index contributed by atoms with van der Waals surface area (Å²) in [6.07, 6.45) is -3.52. The third-order valence-corrected chi connectivity index (χ3v) is 4.00. The van der Waals surface area contributed by atoms with Crippen molar-refractivity contribution in [3.8, 4) is 11.4 Å². The minimum absolute atomic E-state index is 0.0113. The molecule has 10 heteroatoms. The van der Waals surface area contributed by atoms with E-state index in [1.165, 1.54) is 10.7 Å². The molecule has 0 radical (unpaired) electrons. The van der Waals surface area contributed by atoms with Gasteiger partial charge in [0.2, 0.25) is 0 Å². The Kier molecular flexibility index (Phi) is 4.95. The number of phenolic OH excluding ortho intramolecular Hbond substituents is 1. The van der Waals surface area contributed by atoms with Gasteiger partial charge in [0, 0.05) is 6.20 Å². The number of nitrogens with two attached hydrogens (primary N) is 1. The molecule has 7 nitrogen and oxygen atoms in total. The fourth-order valence-electron chi connectivity index (χ4n) is 2.61. The van der Waals surface area contributed by atoms with E-state index in [-0.39, 0.29) is 22.9 Å². The summed E-state index contributed by atoms with van der Waals surface area (Å²) in [5, 5.41) is 16.7. The van der Waals surface area contributed by atoms with Crippen LogP contribution in [0, 0.1) is 0 Å². The van der Waals surface area contributed by atoms with E-state index in [2.05, 4.69) is 15.4 Å². The van der Waals surface area contributed by atoms with E-state index in [1.807, 2.05) is 0 Å². The van der Waals surface area contributed by atoms with E-state index >= 15 is 0 Å². The lowest BCUT2D eigenvalue weighted by Crippen LogP contribution is -2.16. The zero-order valence-corrected chi connectivity index (χ0v) is 14.7. The van der Waals surface area contributed by atoms with Crippen molar-refractivity contribution < 1.29 is 23.1 Å². The van der Waals surface area contributed by atoms with Gasteiger partial charge in [-0.25, -0.2) is 9.67 Å². The van der Waals surface area contributed by atoms with E-state index in [0.29, 0.717) is 24.0 Å². The van der Waals surface area contributed by atoms with Crippen molar-refractivity contribution in [3.63, 3.8) is 0 Å². The number of para-hydroxylation sites is 2. The highest BCUT2D eigenvalue weighted by molar-refractivity contribution is 6.08. The quantitative estimate of drug-likeness (QED) is 0.632. The van der Waals surface area contributed by atoms with Crippen molar-refractivity contribution in [2.24, 2.45) is 0 Å². The molecular weight excluding hydrogens is 375 g/mol. The minimum atomic E-state index is -4.52. The van der Waals surface area contributed by atoms with Crippen LogP contribution < -0.4 is 11.1 Å². The van der Waals surface area contributed by atoms with Gasteiger partial charge in [0.05, 0.1) is 11.3 Å². The highest BCUT2D eigenvalue weighted by Crippen LogP contribution is 2.30. The number of aryl methyl sites for hydroxylation is 1. The van der Waals surface area contributed by atoms with Gasteiger partial charge in [-0.05, 0) is 30.7 Å². The standard InChI is InChI=1S/C18H16F3N5O2/c1-2-11-15(16(22)26(25-11)12-5-3-4-6-13(12)27)17(28)24-14-8-7-10(9-23-14)18(19,20)21/h3-9,27H,2,22H2,1H3,(H,23,24,28). The number of halogens is 3. The van der Waals surface area contributed by atoms with Gasteiger partial charge in [-0.3, -0.25) is 4.79 Å². The number of nitrogens with zero attached hydrogens (tertiary/aromatic N) is 3. The van der Waals surface area contributed by atoms with E-state index < -0.39 is 17.6 Å². The van der Waals surface area contributed by atoms with Gasteiger partial charge in [0.1, 0.15) is 28.6 Å². The zero-order valence-electron chi connectivity index (χ0n) is 14.7. The fourth-order valence-corrected chi connectivity index (χ4v) is 2.61. The third-order valence-electron chi connectivity index (χ3n) is 4.00. The molecule has 0 unspecified atom stereocenters. The second kappa shape index (κ2) is 7.22. The molecule has 0 aliphatic rings. The van der Waals surface area contributed by atoms with Crippen LogP contribution in [-0.2, 0) is 12.6 Å². The van der Waals surface area contributed by atoms with Gasteiger partial charge in [0.15, 0.2) is 0 Å². The monoisotopic (exact) mass is 391 g/mol. The number of carbonyl (C=O) groups is 1. The average Bonchev–Trinajstić information content (AvgIpc) is 2.98. The van der Waals surface area contributed by atoms with Gasteiger partial charge < -0.3 is 16.2 Å². The summed E-state index contributed by atoms with van der Waals surface area (Å²) >= 11 is 0. The predicted octanol–water partition coefficient (Wildman–Crippen LogP) is 3.39. The summed E-state index contributed by atoms with van der Waals surface area (Å²) < 4.78 is 39.1. The van der Waals surface area contributed by atoms with Gasteiger partial charge in [-0.1, -0.05) is 19.1 Å². The van der Waals surface area contributed by atoms with Gasteiger partial charge in [0.25, 0.3) is 5.91 Å². The molecule has 0 aliphatic heterocycles. The molecule has 2 aromatic heterocycles. The van der Waals surface area contributed by atoms with Crippen LogP contribution >= 0.6 is 0 Å². The Morgan fingerprint density at radius 1 is 1.25 bits per heavy atom.